The number of nitrogens with zero attached hydrogens (tertiary/aromatic N) is 4. The van der Waals surface area contributed by atoms with Crippen molar-refractivity contribution in [2.75, 3.05) is 33.2 Å². The fourth-order valence-electron chi connectivity index (χ4n) is 2.37. The van der Waals surface area contributed by atoms with Crippen LogP contribution in [0.4, 0.5) is 0 Å². The Morgan fingerprint density at radius 3 is 2.76 bits per heavy atom. The van der Waals surface area contributed by atoms with E-state index in [4.69, 9.17) is 11.6 Å². The molecule has 0 unspecified atom stereocenters. The van der Waals surface area contributed by atoms with E-state index in [1.54, 1.807) is 17.0 Å². The number of thiazole rings is 1. The standard InChI is InChI=1S/C13H15ClN4O2S/c1-16-4-6-17(7-5-16)11(19)8-18-9-2-3-10(14)15-12(9)21-13(18)20/h2-3H,4-8H2,1H3. The van der Waals surface area contributed by atoms with Gasteiger partial charge in [0.1, 0.15) is 16.5 Å². The summed E-state index contributed by atoms with van der Waals surface area (Å²) in [5.74, 6) is -0.0279. The molecule has 8 heteroatoms. The van der Waals surface area contributed by atoms with Gasteiger partial charge in [-0.2, -0.15) is 0 Å². The van der Waals surface area contributed by atoms with Gasteiger partial charge in [0, 0.05) is 26.2 Å². The second kappa shape index (κ2) is 5.75. The Morgan fingerprint density at radius 2 is 2.05 bits per heavy atom. The van der Waals surface area contributed by atoms with Crippen molar-refractivity contribution in [2.45, 2.75) is 6.54 Å². The zero-order valence-corrected chi connectivity index (χ0v) is 13.2. The lowest BCUT2D eigenvalue weighted by Crippen LogP contribution is -2.48. The Kier molecular flexibility index (Phi) is 3.97. The molecule has 3 heterocycles. The SMILES string of the molecule is CN1CCN(C(=O)Cn2c(=O)sc3nc(Cl)ccc32)CC1. The van der Waals surface area contributed by atoms with Crippen LogP contribution in [0, 0.1) is 0 Å². The summed E-state index contributed by atoms with van der Waals surface area (Å²) in [4.78, 5) is 32.9. The van der Waals surface area contributed by atoms with E-state index in [-0.39, 0.29) is 17.3 Å². The second-order valence-corrected chi connectivity index (χ2v) is 6.42. The highest BCUT2D eigenvalue weighted by molar-refractivity contribution is 7.16. The molecule has 0 aromatic carbocycles. The molecule has 112 valence electrons. The molecule has 0 aliphatic carbocycles. The molecule has 21 heavy (non-hydrogen) atoms. The zero-order valence-electron chi connectivity index (χ0n) is 11.6. The normalized spacial score (nSPS) is 16.6. The molecule has 1 fully saturated rings. The number of fused-ring (bicyclic) bond motifs is 1. The van der Waals surface area contributed by atoms with Crippen LogP contribution < -0.4 is 4.87 Å². The average molecular weight is 327 g/mol. The number of rotatable bonds is 2. The van der Waals surface area contributed by atoms with Crippen LogP contribution in [0.3, 0.4) is 0 Å². The maximum atomic E-state index is 12.3. The maximum Gasteiger partial charge on any atom is 0.310 e. The molecule has 1 saturated heterocycles. The van der Waals surface area contributed by atoms with Crippen LogP contribution in [-0.4, -0.2) is 58.5 Å². The summed E-state index contributed by atoms with van der Waals surface area (Å²) in [6.07, 6.45) is 0. The summed E-state index contributed by atoms with van der Waals surface area (Å²) in [5.41, 5.74) is 0.664. The number of amides is 1. The van der Waals surface area contributed by atoms with Crippen LogP contribution in [0.1, 0.15) is 0 Å². The molecule has 6 nitrogen and oxygen atoms in total. The lowest BCUT2D eigenvalue weighted by molar-refractivity contribution is -0.133. The van der Waals surface area contributed by atoms with E-state index in [1.165, 1.54) is 4.57 Å². The molecule has 0 saturated carbocycles. The van der Waals surface area contributed by atoms with E-state index in [1.807, 2.05) is 7.05 Å². The molecule has 0 bridgehead atoms. The van der Waals surface area contributed by atoms with E-state index in [2.05, 4.69) is 9.88 Å². The third-order valence-corrected chi connectivity index (χ3v) is 4.75. The fraction of sp³-hybridized carbons (Fsp3) is 0.462. The van der Waals surface area contributed by atoms with Gasteiger partial charge in [-0.3, -0.25) is 14.2 Å². The number of piperazine rings is 1. The van der Waals surface area contributed by atoms with Crippen molar-refractivity contribution >= 4 is 39.2 Å². The first-order valence-corrected chi connectivity index (χ1v) is 7.86. The van der Waals surface area contributed by atoms with Crippen molar-refractivity contribution in [2.24, 2.45) is 0 Å². The minimum Gasteiger partial charge on any atom is -0.339 e. The molecule has 2 aromatic rings. The molecule has 0 atom stereocenters. The first-order valence-electron chi connectivity index (χ1n) is 6.67. The van der Waals surface area contributed by atoms with Gasteiger partial charge in [0.05, 0.1) is 5.52 Å². The van der Waals surface area contributed by atoms with E-state index in [0.29, 0.717) is 28.6 Å². The van der Waals surface area contributed by atoms with Gasteiger partial charge in [-0.25, -0.2) is 4.98 Å². The van der Waals surface area contributed by atoms with Crippen molar-refractivity contribution in [3.05, 3.63) is 27.0 Å². The summed E-state index contributed by atoms with van der Waals surface area (Å²) >= 11 is 6.84. The van der Waals surface area contributed by atoms with Gasteiger partial charge in [-0.1, -0.05) is 22.9 Å². The van der Waals surface area contributed by atoms with E-state index >= 15 is 0 Å². The monoisotopic (exact) mass is 326 g/mol. The topological polar surface area (TPSA) is 58.4 Å². The lowest BCUT2D eigenvalue weighted by atomic mass is 10.3. The average Bonchev–Trinajstić information content (AvgIpc) is 2.75. The van der Waals surface area contributed by atoms with Gasteiger partial charge in [-0.05, 0) is 19.2 Å². The largest absolute Gasteiger partial charge is 0.339 e. The highest BCUT2D eigenvalue weighted by Gasteiger charge is 2.21. The van der Waals surface area contributed by atoms with Crippen molar-refractivity contribution in [1.29, 1.82) is 0 Å². The molecule has 0 radical (unpaired) electrons. The third kappa shape index (κ3) is 2.95. The Morgan fingerprint density at radius 1 is 1.33 bits per heavy atom. The first kappa shape index (κ1) is 14.5. The Labute approximate surface area is 130 Å². The molecule has 1 aliphatic rings. The van der Waals surface area contributed by atoms with E-state index in [9.17, 15) is 9.59 Å². The van der Waals surface area contributed by atoms with Gasteiger partial charge in [0.15, 0.2) is 0 Å². The smallest absolute Gasteiger partial charge is 0.310 e. The summed E-state index contributed by atoms with van der Waals surface area (Å²) in [5, 5.41) is 0.348. The highest BCUT2D eigenvalue weighted by Crippen LogP contribution is 2.18. The number of carbonyl (C=O) groups excluding carboxylic acids is 1. The first-order chi connectivity index (χ1) is 10.0. The number of carbonyl (C=O) groups is 1. The second-order valence-electron chi connectivity index (χ2n) is 5.10. The Bertz CT molecular complexity index is 733. The molecule has 0 N–H and O–H groups in total. The van der Waals surface area contributed by atoms with Crippen molar-refractivity contribution in [3.63, 3.8) is 0 Å². The molecule has 0 spiro atoms. The van der Waals surface area contributed by atoms with Crippen LogP contribution in [-0.2, 0) is 11.3 Å². The predicted octanol–water partition coefficient (Wildman–Crippen LogP) is 0.885. The summed E-state index contributed by atoms with van der Waals surface area (Å²) in [6, 6.07) is 3.37. The quantitative estimate of drug-likeness (QED) is 0.769. The minimum absolute atomic E-state index is 0.0279. The molecule has 3 rings (SSSR count). The van der Waals surface area contributed by atoms with Crippen LogP contribution in [0.5, 0.6) is 0 Å². The molecule has 2 aromatic heterocycles. The lowest BCUT2D eigenvalue weighted by Gasteiger charge is -2.32. The Hall–Kier alpha value is -1.44. The van der Waals surface area contributed by atoms with Gasteiger partial charge in [-0.15, -0.1) is 0 Å². The highest BCUT2D eigenvalue weighted by atomic mass is 35.5. The van der Waals surface area contributed by atoms with Crippen LogP contribution in [0.2, 0.25) is 5.15 Å². The van der Waals surface area contributed by atoms with Crippen molar-refractivity contribution in [3.8, 4) is 0 Å². The number of hydrogen-bond donors (Lipinski definition) is 0. The Balaban J connectivity index is 1.83. The van der Waals surface area contributed by atoms with Crippen LogP contribution in [0.25, 0.3) is 10.3 Å². The fourth-order valence-corrected chi connectivity index (χ4v) is 3.43. The zero-order chi connectivity index (χ0) is 15.0. The number of halogens is 1. The summed E-state index contributed by atoms with van der Waals surface area (Å²) in [6.45, 7) is 3.20. The van der Waals surface area contributed by atoms with Crippen LogP contribution in [0.15, 0.2) is 16.9 Å². The maximum absolute atomic E-state index is 12.3. The van der Waals surface area contributed by atoms with Gasteiger partial charge in [0.25, 0.3) is 0 Å². The van der Waals surface area contributed by atoms with E-state index in [0.717, 1.165) is 24.4 Å². The van der Waals surface area contributed by atoms with E-state index < -0.39 is 0 Å². The number of pyridine rings is 1. The van der Waals surface area contributed by atoms with Gasteiger partial charge >= 0.3 is 4.87 Å². The third-order valence-electron chi connectivity index (χ3n) is 3.65. The summed E-state index contributed by atoms with van der Waals surface area (Å²) in [7, 11) is 2.04. The van der Waals surface area contributed by atoms with Gasteiger partial charge in [0.2, 0.25) is 5.91 Å². The number of aromatic nitrogens is 2. The summed E-state index contributed by atoms with van der Waals surface area (Å²) < 4.78 is 1.48. The van der Waals surface area contributed by atoms with Crippen molar-refractivity contribution in [1.82, 2.24) is 19.4 Å². The molecule has 1 amide bonds. The number of likely N-dealkylation sites (N-methyl/N-ethyl adjacent to an activating group) is 1. The minimum atomic E-state index is -0.178. The van der Waals surface area contributed by atoms with Gasteiger partial charge < -0.3 is 9.80 Å². The van der Waals surface area contributed by atoms with Crippen LogP contribution >= 0.6 is 22.9 Å². The number of hydrogen-bond acceptors (Lipinski definition) is 5. The predicted molar refractivity (Wildman–Crippen MR) is 83.0 cm³/mol. The van der Waals surface area contributed by atoms with Crippen molar-refractivity contribution < 1.29 is 4.79 Å². The molecule has 1 aliphatic heterocycles. The molecular weight excluding hydrogens is 312 g/mol. The molecular formula is C13H15ClN4O2S.